The lowest BCUT2D eigenvalue weighted by Crippen LogP contribution is -2.33. The van der Waals surface area contributed by atoms with Gasteiger partial charge in [0, 0.05) is 6.92 Å². The molecule has 0 radical (unpaired) electrons. The molecule has 48 heavy (non-hydrogen) atoms. The molecule has 1 N–H and O–H groups in total. The smallest absolute Gasteiger partial charge is 0.310 e. The molecule has 272 valence electrons. The molecule has 4 rings (SSSR count). The molecule has 0 saturated heterocycles. The number of aryl methyl sites for hydroxylation is 1. The summed E-state index contributed by atoms with van der Waals surface area (Å²) in [5.41, 5.74) is 2.13. The number of hydrogen-bond acceptors (Lipinski definition) is 7. The fourth-order valence-electron chi connectivity index (χ4n) is 9.12. The third-order valence-corrected chi connectivity index (χ3v) is 12.0. The van der Waals surface area contributed by atoms with Crippen molar-refractivity contribution >= 4 is 11.9 Å². The van der Waals surface area contributed by atoms with E-state index in [1.54, 1.807) is 0 Å². The first-order valence-corrected chi connectivity index (χ1v) is 19.4. The Balaban J connectivity index is 1.18. The van der Waals surface area contributed by atoms with Gasteiger partial charge in [-0.2, -0.15) is 0 Å². The second-order valence-corrected chi connectivity index (χ2v) is 15.6. The molecule has 3 aliphatic carbocycles. The fourth-order valence-corrected chi connectivity index (χ4v) is 9.12. The monoisotopic (exact) mass is 670 g/mol. The zero-order chi connectivity index (χ0) is 34.5. The van der Waals surface area contributed by atoms with Crippen LogP contribution >= 0.6 is 0 Å². The summed E-state index contributed by atoms with van der Waals surface area (Å²) in [6.45, 7) is 10.9. The minimum Gasteiger partial charge on any atom is -0.463 e. The van der Waals surface area contributed by atoms with Crippen LogP contribution in [0.1, 0.15) is 135 Å². The molecule has 0 aromatic heterocycles. The first kappa shape index (κ1) is 38.8. The summed E-state index contributed by atoms with van der Waals surface area (Å²) in [6.07, 6.45) is 17.1. The maximum absolute atomic E-state index is 12.2. The van der Waals surface area contributed by atoms with Gasteiger partial charge in [0.15, 0.2) is 6.29 Å². The summed E-state index contributed by atoms with van der Waals surface area (Å²) in [7, 11) is 0. The van der Waals surface area contributed by atoms with E-state index in [4.69, 9.17) is 18.9 Å². The van der Waals surface area contributed by atoms with Crippen molar-refractivity contribution in [2.24, 2.45) is 35.5 Å². The second-order valence-electron chi connectivity index (χ2n) is 15.6. The Morgan fingerprint density at radius 3 is 1.98 bits per heavy atom. The van der Waals surface area contributed by atoms with E-state index < -0.39 is 0 Å². The van der Waals surface area contributed by atoms with Crippen LogP contribution in [0, 0.1) is 42.4 Å². The van der Waals surface area contributed by atoms with Gasteiger partial charge in [-0.25, -0.2) is 0 Å². The van der Waals surface area contributed by atoms with Crippen molar-refractivity contribution in [3.8, 4) is 0 Å². The highest BCUT2D eigenvalue weighted by atomic mass is 16.7. The number of hydrogen-bond donors (Lipinski definition) is 1. The number of ether oxygens (including phenoxy) is 4. The lowest BCUT2D eigenvalue weighted by atomic mass is 9.66. The second kappa shape index (κ2) is 20.0. The van der Waals surface area contributed by atoms with E-state index in [1.165, 1.54) is 57.4 Å². The van der Waals surface area contributed by atoms with Gasteiger partial charge in [-0.15, -0.1) is 0 Å². The number of rotatable bonds is 17. The molecule has 0 bridgehead atoms. The highest BCUT2D eigenvalue weighted by Crippen LogP contribution is 2.44. The molecule has 3 saturated carbocycles. The molecule has 4 atom stereocenters. The van der Waals surface area contributed by atoms with E-state index in [0.717, 1.165) is 86.5 Å². The van der Waals surface area contributed by atoms with Gasteiger partial charge >= 0.3 is 11.9 Å². The third kappa shape index (κ3) is 13.1. The molecular formula is C41H66O7. The van der Waals surface area contributed by atoms with Crippen LogP contribution in [-0.4, -0.2) is 54.9 Å². The van der Waals surface area contributed by atoms with Crippen LogP contribution < -0.4 is 0 Å². The van der Waals surface area contributed by atoms with E-state index in [1.807, 2.05) is 38.1 Å². The lowest BCUT2D eigenvalue weighted by molar-refractivity contribution is -0.178. The topological polar surface area (TPSA) is 91.3 Å². The van der Waals surface area contributed by atoms with Crippen LogP contribution in [0.3, 0.4) is 0 Å². The highest BCUT2D eigenvalue weighted by molar-refractivity contribution is 5.72. The molecule has 3 aliphatic rings. The Morgan fingerprint density at radius 1 is 0.771 bits per heavy atom. The van der Waals surface area contributed by atoms with E-state index >= 15 is 0 Å². The largest absolute Gasteiger partial charge is 0.463 e. The van der Waals surface area contributed by atoms with Gasteiger partial charge in [0.05, 0.1) is 25.2 Å². The Labute approximate surface area is 291 Å². The minimum atomic E-state index is -0.319. The zero-order valence-electron chi connectivity index (χ0n) is 30.7. The van der Waals surface area contributed by atoms with Crippen LogP contribution in [0.25, 0.3) is 0 Å². The Hall–Kier alpha value is -1.96. The van der Waals surface area contributed by atoms with Crippen LogP contribution in [0.5, 0.6) is 0 Å². The Bertz CT molecular complexity index is 1060. The van der Waals surface area contributed by atoms with Gasteiger partial charge in [-0.05, 0) is 145 Å². The number of aliphatic hydroxyl groups excluding tert-OH is 1. The number of benzene rings is 1. The first-order chi connectivity index (χ1) is 23.1. The number of carbonyl (C=O) groups is 2. The van der Waals surface area contributed by atoms with Crippen molar-refractivity contribution in [3.63, 3.8) is 0 Å². The van der Waals surface area contributed by atoms with E-state index in [0.29, 0.717) is 12.5 Å². The van der Waals surface area contributed by atoms with Crippen molar-refractivity contribution in [1.82, 2.24) is 0 Å². The average Bonchev–Trinajstić information content (AvgIpc) is 3.07. The Kier molecular flexibility index (Phi) is 16.2. The van der Waals surface area contributed by atoms with Gasteiger partial charge in [0.1, 0.15) is 12.7 Å². The number of esters is 2. The van der Waals surface area contributed by atoms with Gasteiger partial charge in [-0.1, -0.05) is 50.1 Å². The van der Waals surface area contributed by atoms with Crippen molar-refractivity contribution < 1.29 is 33.6 Å². The van der Waals surface area contributed by atoms with Crippen molar-refractivity contribution in [3.05, 3.63) is 35.4 Å². The van der Waals surface area contributed by atoms with Gasteiger partial charge in [-0.3, -0.25) is 9.59 Å². The summed E-state index contributed by atoms with van der Waals surface area (Å²) in [4.78, 5) is 23.6. The molecular weight excluding hydrogens is 604 g/mol. The SMILES string of the molecule is CCC(CC(CC(C)C1CCC(OC(C)=O)CC1)C1CCC(O)CC1)C1CCC(OC(C)OCCOC(=O)Cc2ccc(C)cc2)CC1. The molecule has 1 aromatic rings. The highest BCUT2D eigenvalue weighted by Gasteiger charge is 2.36. The molecule has 0 aliphatic heterocycles. The molecule has 4 unspecified atom stereocenters. The normalized spacial score (nSPS) is 29.0. The molecule has 0 spiro atoms. The summed E-state index contributed by atoms with van der Waals surface area (Å²) < 4.78 is 23.0. The molecule has 0 heterocycles. The Morgan fingerprint density at radius 2 is 1.35 bits per heavy atom. The van der Waals surface area contributed by atoms with Crippen LogP contribution in [-0.2, 0) is 35.0 Å². The van der Waals surface area contributed by atoms with Crippen LogP contribution in [0.15, 0.2) is 24.3 Å². The van der Waals surface area contributed by atoms with Gasteiger partial charge in [0.25, 0.3) is 0 Å². The van der Waals surface area contributed by atoms with Crippen molar-refractivity contribution in [1.29, 1.82) is 0 Å². The van der Waals surface area contributed by atoms with Crippen molar-refractivity contribution in [2.45, 2.75) is 162 Å². The van der Waals surface area contributed by atoms with Crippen LogP contribution in [0.4, 0.5) is 0 Å². The van der Waals surface area contributed by atoms with E-state index in [-0.39, 0.29) is 49.6 Å². The van der Waals surface area contributed by atoms with E-state index in [9.17, 15) is 14.7 Å². The summed E-state index contributed by atoms with van der Waals surface area (Å²) >= 11 is 0. The number of carbonyl (C=O) groups excluding carboxylic acids is 2. The molecule has 3 fully saturated rings. The maximum Gasteiger partial charge on any atom is 0.310 e. The molecule has 7 nitrogen and oxygen atoms in total. The summed E-state index contributed by atoms with van der Waals surface area (Å²) in [6, 6.07) is 7.94. The summed E-state index contributed by atoms with van der Waals surface area (Å²) in [5, 5.41) is 10.3. The maximum atomic E-state index is 12.2. The first-order valence-electron chi connectivity index (χ1n) is 19.4. The standard InChI is InChI=1S/C41H66O7/c1-6-33(27-37(36-11-17-38(43)18-12-36)25-29(3)34-13-19-39(20-14-34)47-30(4)42)35-15-21-40(22-16-35)48-31(5)45-23-24-46-41(44)26-32-9-7-28(2)8-10-32/h7-10,29,31,33-40,43H,6,11-27H2,1-5H3. The predicted molar refractivity (Wildman–Crippen MR) is 189 cm³/mol. The molecule has 1 aromatic carbocycles. The number of aliphatic hydroxyl groups is 1. The average molecular weight is 671 g/mol. The predicted octanol–water partition coefficient (Wildman–Crippen LogP) is 8.75. The molecule has 0 amide bonds. The minimum absolute atomic E-state index is 0.110. The molecule has 7 heteroatoms. The third-order valence-electron chi connectivity index (χ3n) is 12.0. The van der Waals surface area contributed by atoms with Crippen LogP contribution in [0.2, 0.25) is 0 Å². The van der Waals surface area contributed by atoms with Gasteiger partial charge < -0.3 is 24.1 Å². The fraction of sp³-hybridized carbons (Fsp3) is 0.805. The lowest BCUT2D eigenvalue weighted by Gasteiger charge is -2.41. The summed E-state index contributed by atoms with van der Waals surface area (Å²) in [5.74, 6) is 3.93. The van der Waals surface area contributed by atoms with Gasteiger partial charge in [0.2, 0.25) is 0 Å². The quantitative estimate of drug-likeness (QED) is 0.101. The van der Waals surface area contributed by atoms with E-state index in [2.05, 4.69) is 13.8 Å². The zero-order valence-corrected chi connectivity index (χ0v) is 30.7. The van der Waals surface area contributed by atoms with Crippen molar-refractivity contribution in [2.75, 3.05) is 13.2 Å².